The summed E-state index contributed by atoms with van der Waals surface area (Å²) >= 11 is 0. The average Bonchev–Trinajstić information content (AvgIpc) is 3.68. The first-order valence-electron chi connectivity index (χ1n) is 16.1. The van der Waals surface area contributed by atoms with Crippen molar-refractivity contribution in [3.05, 3.63) is 164 Å². The van der Waals surface area contributed by atoms with E-state index in [1.807, 2.05) is 6.07 Å². The van der Waals surface area contributed by atoms with Crippen molar-refractivity contribution >= 4 is 54.4 Å². The summed E-state index contributed by atoms with van der Waals surface area (Å²) in [6.07, 6.45) is 0. The first-order valence-corrected chi connectivity index (χ1v) is 16.1. The zero-order chi connectivity index (χ0) is 31.6. The molecule has 5 heteroatoms. The van der Waals surface area contributed by atoms with E-state index in [1.54, 1.807) is 0 Å². The van der Waals surface area contributed by atoms with Crippen molar-refractivity contribution in [2.45, 2.75) is 0 Å². The van der Waals surface area contributed by atoms with Crippen LogP contribution in [0.1, 0.15) is 0 Å². The monoisotopic (exact) mass is 613 g/mol. The summed E-state index contributed by atoms with van der Waals surface area (Å²) in [5.41, 5.74) is 7.53. The van der Waals surface area contributed by atoms with Crippen molar-refractivity contribution < 1.29 is 0 Å². The number of nitrogens with zero attached hydrogens (tertiary/aromatic N) is 5. The second-order valence-corrected chi connectivity index (χ2v) is 12.1. The van der Waals surface area contributed by atoms with Crippen molar-refractivity contribution in [3.8, 4) is 34.4 Å². The molecule has 0 fully saturated rings. The highest BCUT2D eigenvalue weighted by molar-refractivity contribution is 6.10. The third kappa shape index (κ3) is 4.08. The van der Waals surface area contributed by atoms with Gasteiger partial charge in [0, 0.05) is 27.1 Å². The van der Waals surface area contributed by atoms with Gasteiger partial charge in [-0.15, -0.1) is 0 Å². The molecule has 0 aliphatic carbocycles. The summed E-state index contributed by atoms with van der Waals surface area (Å²) in [6.45, 7) is 0. The SMILES string of the molecule is c1ccc(-c2ccc3cc(-c4nc(-n5c6ccccc6c6ccccc65)nc(-n5c6ccccc6c6ccccc65)n4)ccc3c2)cc1. The molecule has 5 nitrogen and oxygen atoms in total. The Balaban J connectivity index is 1.25. The lowest BCUT2D eigenvalue weighted by atomic mass is 10.00. The van der Waals surface area contributed by atoms with Crippen LogP contribution in [0.5, 0.6) is 0 Å². The fourth-order valence-electron chi connectivity index (χ4n) is 7.15. The molecule has 0 amide bonds. The number of aromatic nitrogens is 5. The normalized spacial score (nSPS) is 11.8. The molecule has 10 aromatic rings. The fourth-order valence-corrected chi connectivity index (χ4v) is 7.15. The van der Waals surface area contributed by atoms with Crippen LogP contribution < -0.4 is 0 Å². The number of hydrogen-bond acceptors (Lipinski definition) is 3. The maximum absolute atomic E-state index is 5.26. The van der Waals surface area contributed by atoms with Gasteiger partial charge in [0.1, 0.15) is 0 Å². The van der Waals surface area contributed by atoms with Gasteiger partial charge in [0.15, 0.2) is 5.82 Å². The van der Waals surface area contributed by atoms with E-state index in [2.05, 4.69) is 167 Å². The molecule has 0 N–H and O–H groups in total. The maximum atomic E-state index is 5.26. The predicted molar refractivity (Wildman–Crippen MR) is 197 cm³/mol. The van der Waals surface area contributed by atoms with Crippen LogP contribution in [0.2, 0.25) is 0 Å². The van der Waals surface area contributed by atoms with Crippen LogP contribution in [-0.2, 0) is 0 Å². The number of hydrogen-bond donors (Lipinski definition) is 0. The van der Waals surface area contributed by atoms with E-state index in [-0.39, 0.29) is 0 Å². The van der Waals surface area contributed by atoms with Gasteiger partial charge in [0.2, 0.25) is 11.9 Å². The van der Waals surface area contributed by atoms with Gasteiger partial charge in [-0.1, -0.05) is 127 Å². The average molecular weight is 614 g/mol. The number of benzene rings is 7. The third-order valence-electron chi connectivity index (χ3n) is 9.38. The first kappa shape index (κ1) is 26.6. The molecule has 48 heavy (non-hydrogen) atoms. The fraction of sp³-hybridized carbons (Fsp3) is 0. The molecule has 3 heterocycles. The molecule has 0 unspecified atom stereocenters. The number of para-hydroxylation sites is 4. The van der Waals surface area contributed by atoms with Crippen LogP contribution >= 0.6 is 0 Å². The lowest BCUT2D eigenvalue weighted by Gasteiger charge is -2.13. The van der Waals surface area contributed by atoms with E-state index in [0.717, 1.165) is 54.6 Å². The summed E-state index contributed by atoms with van der Waals surface area (Å²) in [5, 5.41) is 6.94. The maximum Gasteiger partial charge on any atom is 0.240 e. The van der Waals surface area contributed by atoms with Crippen LogP contribution in [-0.4, -0.2) is 24.1 Å². The van der Waals surface area contributed by atoms with Gasteiger partial charge in [-0.05, 0) is 58.3 Å². The highest BCUT2D eigenvalue weighted by Gasteiger charge is 2.20. The van der Waals surface area contributed by atoms with Crippen LogP contribution in [0.15, 0.2) is 164 Å². The molecule has 224 valence electrons. The van der Waals surface area contributed by atoms with Crippen molar-refractivity contribution in [1.82, 2.24) is 24.1 Å². The van der Waals surface area contributed by atoms with Crippen molar-refractivity contribution in [2.75, 3.05) is 0 Å². The van der Waals surface area contributed by atoms with Crippen LogP contribution in [0.25, 0.3) is 88.8 Å². The smallest absolute Gasteiger partial charge is 0.240 e. The van der Waals surface area contributed by atoms with E-state index in [1.165, 1.54) is 16.5 Å². The first-order chi connectivity index (χ1) is 23.8. The standard InChI is InChI=1S/C43H27N5/c1-2-12-28(13-3-1)29-22-23-31-27-32(25-24-30(31)26-29)41-44-42(47-37-18-8-4-14-33(37)34-15-5-9-19-38(34)47)46-43(45-41)48-39-20-10-6-16-35(39)36-17-7-11-21-40(36)48/h1-27H. The quantitative estimate of drug-likeness (QED) is 0.198. The Labute approximate surface area is 276 Å². The lowest BCUT2D eigenvalue weighted by molar-refractivity contribution is 0.893. The summed E-state index contributed by atoms with van der Waals surface area (Å²) < 4.78 is 4.33. The minimum absolute atomic E-state index is 0.578. The molecule has 0 saturated carbocycles. The Morgan fingerprint density at radius 2 is 0.708 bits per heavy atom. The zero-order valence-electron chi connectivity index (χ0n) is 25.8. The molecular formula is C43H27N5. The molecule has 0 saturated heterocycles. The van der Waals surface area contributed by atoms with Gasteiger partial charge >= 0.3 is 0 Å². The molecule has 7 aromatic carbocycles. The second-order valence-electron chi connectivity index (χ2n) is 12.1. The van der Waals surface area contributed by atoms with Gasteiger partial charge in [0.05, 0.1) is 22.1 Å². The molecule has 0 atom stereocenters. The minimum Gasteiger partial charge on any atom is -0.278 e. The summed E-state index contributed by atoms with van der Waals surface area (Å²) in [4.78, 5) is 15.7. The van der Waals surface area contributed by atoms with Gasteiger partial charge < -0.3 is 0 Å². The van der Waals surface area contributed by atoms with E-state index in [0.29, 0.717) is 17.7 Å². The summed E-state index contributed by atoms with van der Waals surface area (Å²) in [5.74, 6) is 1.77. The van der Waals surface area contributed by atoms with E-state index in [4.69, 9.17) is 15.0 Å². The predicted octanol–water partition coefficient (Wildman–Crippen LogP) is 10.6. The van der Waals surface area contributed by atoms with Crippen LogP contribution in [0, 0.1) is 0 Å². The number of rotatable bonds is 4. The van der Waals surface area contributed by atoms with Gasteiger partial charge in [-0.25, -0.2) is 0 Å². The molecule has 0 aliphatic rings. The van der Waals surface area contributed by atoms with Crippen LogP contribution in [0.4, 0.5) is 0 Å². The highest BCUT2D eigenvalue weighted by Crippen LogP contribution is 2.35. The molecule has 0 bridgehead atoms. The Morgan fingerprint density at radius 3 is 1.19 bits per heavy atom. The molecule has 3 aromatic heterocycles. The minimum atomic E-state index is 0.578. The van der Waals surface area contributed by atoms with E-state index in [9.17, 15) is 0 Å². The third-order valence-corrected chi connectivity index (χ3v) is 9.38. The topological polar surface area (TPSA) is 48.5 Å². The molecule has 0 aliphatic heterocycles. The Morgan fingerprint density at radius 1 is 0.312 bits per heavy atom. The van der Waals surface area contributed by atoms with E-state index >= 15 is 0 Å². The largest absolute Gasteiger partial charge is 0.278 e. The lowest BCUT2D eigenvalue weighted by Crippen LogP contribution is -2.10. The Hall–Kier alpha value is -6.59. The second kappa shape index (κ2) is 10.5. The van der Waals surface area contributed by atoms with Gasteiger partial charge in [-0.3, -0.25) is 9.13 Å². The molecular weight excluding hydrogens is 587 g/mol. The van der Waals surface area contributed by atoms with Gasteiger partial charge in [0.25, 0.3) is 0 Å². The number of fused-ring (bicyclic) bond motifs is 7. The molecule has 10 rings (SSSR count). The van der Waals surface area contributed by atoms with Crippen LogP contribution in [0.3, 0.4) is 0 Å². The van der Waals surface area contributed by atoms with Crippen molar-refractivity contribution in [2.24, 2.45) is 0 Å². The molecule has 0 spiro atoms. The molecule has 0 radical (unpaired) electrons. The van der Waals surface area contributed by atoms with E-state index < -0.39 is 0 Å². The summed E-state index contributed by atoms with van der Waals surface area (Å²) in [7, 11) is 0. The summed E-state index contributed by atoms with van der Waals surface area (Å²) in [6, 6.07) is 57.4. The van der Waals surface area contributed by atoms with Crippen molar-refractivity contribution in [1.29, 1.82) is 0 Å². The van der Waals surface area contributed by atoms with Crippen molar-refractivity contribution in [3.63, 3.8) is 0 Å². The Bertz CT molecular complexity index is 2610. The highest BCUT2D eigenvalue weighted by atomic mass is 15.3. The van der Waals surface area contributed by atoms with Gasteiger partial charge in [-0.2, -0.15) is 15.0 Å². The zero-order valence-corrected chi connectivity index (χ0v) is 25.8. The Kier molecular flexibility index (Phi) is 5.81.